The molecule has 0 saturated heterocycles. The largest absolute Gasteiger partial charge is 0.493 e. The van der Waals surface area contributed by atoms with E-state index in [4.69, 9.17) is 25.8 Å². The Balaban J connectivity index is 2.43. The summed E-state index contributed by atoms with van der Waals surface area (Å²) >= 11 is 9.27. The summed E-state index contributed by atoms with van der Waals surface area (Å²) in [4.78, 5) is 8.00. The first kappa shape index (κ1) is 15.7. The average Bonchev–Trinajstić information content (AvgIpc) is 2.50. The van der Waals surface area contributed by atoms with E-state index >= 15 is 0 Å². The Morgan fingerprint density at radius 2 is 1.67 bits per heavy atom. The number of aromatic nitrogens is 2. The first-order valence-corrected chi connectivity index (χ1v) is 7.00. The van der Waals surface area contributed by atoms with Crippen LogP contribution in [0.25, 0.3) is 0 Å². The molecule has 6 nitrogen and oxygen atoms in total. The summed E-state index contributed by atoms with van der Waals surface area (Å²) in [6.07, 6.45) is 1.37. The van der Waals surface area contributed by atoms with Gasteiger partial charge in [0.05, 0.1) is 25.8 Å². The molecule has 1 aromatic carbocycles. The Bertz CT molecular complexity index is 630. The fourth-order valence-corrected chi connectivity index (χ4v) is 2.16. The maximum atomic E-state index is 5.94. The van der Waals surface area contributed by atoms with Crippen molar-refractivity contribution in [2.24, 2.45) is 0 Å². The molecule has 0 fully saturated rings. The van der Waals surface area contributed by atoms with Crippen molar-refractivity contribution in [2.75, 3.05) is 26.6 Å². The molecule has 0 saturated carbocycles. The van der Waals surface area contributed by atoms with Crippen LogP contribution in [-0.4, -0.2) is 31.3 Å². The van der Waals surface area contributed by atoms with E-state index in [9.17, 15) is 0 Å². The van der Waals surface area contributed by atoms with Crippen molar-refractivity contribution in [1.29, 1.82) is 0 Å². The molecule has 0 aliphatic carbocycles. The van der Waals surface area contributed by atoms with E-state index in [-0.39, 0.29) is 0 Å². The van der Waals surface area contributed by atoms with Gasteiger partial charge in [-0.1, -0.05) is 11.6 Å². The van der Waals surface area contributed by atoms with Crippen molar-refractivity contribution >= 4 is 39.0 Å². The van der Waals surface area contributed by atoms with Crippen LogP contribution in [0.2, 0.25) is 5.15 Å². The fraction of sp³-hybridized carbons (Fsp3) is 0.231. The van der Waals surface area contributed by atoms with Gasteiger partial charge in [0.15, 0.2) is 11.5 Å². The van der Waals surface area contributed by atoms with E-state index in [1.54, 1.807) is 33.5 Å². The number of hydrogen-bond donors (Lipinski definition) is 1. The first-order valence-electron chi connectivity index (χ1n) is 5.83. The van der Waals surface area contributed by atoms with Gasteiger partial charge in [0.2, 0.25) is 5.75 Å². The van der Waals surface area contributed by atoms with Crippen molar-refractivity contribution in [3.8, 4) is 17.2 Å². The zero-order valence-electron chi connectivity index (χ0n) is 11.6. The van der Waals surface area contributed by atoms with Crippen molar-refractivity contribution in [1.82, 2.24) is 9.97 Å². The van der Waals surface area contributed by atoms with Crippen molar-refractivity contribution < 1.29 is 14.2 Å². The van der Waals surface area contributed by atoms with Crippen LogP contribution in [0.5, 0.6) is 17.2 Å². The molecular weight excluding hydrogens is 362 g/mol. The van der Waals surface area contributed by atoms with Crippen LogP contribution >= 0.6 is 27.5 Å². The van der Waals surface area contributed by atoms with Crippen LogP contribution in [0.4, 0.5) is 11.5 Å². The van der Waals surface area contributed by atoms with Gasteiger partial charge in [-0.05, 0) is 15.9 Å². The van der Waals surface area contributed by atoms with Crippen LogP contribution < -0.4 is 19.5 Å². The lowest BCUT2D eigenvalue weighted by molar-refractivity contribution is 0.324. The monoisotopic (exact) mass is 373 g/mol. The normalized spacial score (nSPS) is 10.1. The summed E-state index contributed by atoms with van der Waals surface area (Å²) in [5.74, 6) is 2.13. The van der Waals surface area contributed by atoms with E-state index in [0.29, 0.717) is 38.4 Å². The molecule has 0 bridgehead atoms. The Kier molecular flexibility index (Phi) is 5.08. The second-order valence-electron chi connectivity index (χ2n) is 3.87. The Labute approximate surface area is 135 Å². The molecule has 0 atom stereocenters. The lowest BCUT2D eigenvalue weighted by Gasteiger charge is -2.15. The predicted molar refractivity (Wildman–Crippen MR) is 84.1 cm³/mol. The van der Waals surface area contributed by atoms with Gasteiger partial charge in [-0.25, -0.2) is 9.97 Å². The summed E-state index contributed by atoms with van der Waals surface area (Å²) in [6.45, 7) is 0. The SMILES string of the molecule is COc1cc(Nc2ncnc(Cl)c2Br)cc(OC)c1OC. The number of ether oxygens (including phenoxy) is 3. The molecule has 1 N–H and O–H groups in total. The highest BCUT2D eigenvalue weighted by Gasteiger charge is 2.14. The standard InChI is InChI=1S/C13H13BrClN3O3/c1-19-8-4-7(5-9(20-2)11(8)21-3)18-13-10(14)12(15)16-6-17-13/h4-6H,1-3H3,(H,16,17,18). The van der Waals surface area contributed by atoms with E-state index in [1.807, 2.05) is 0 Å². The summed E-state index contributed by atoms with van der Waals surface area (Å²) in [5.41, 5.74) is 0.708. The van der Waals surface area contributed by atoms with Crippen molar-refractivity contribution in [3.63, 3.8) is 0 Å². The molecule has 0 amide bonds. The van der Waals surface area contributed by atoms with Gasteiger partial charge >= 0.3 is 0 Å². The maximum Gasteiger partial charge on any atom is 0.203 e. The number of nitrogens with one attached hydrogen (secondary N) is 1. The Morgan fingerprint density at radius 1 is 1.05 bits per heavy atom. The second kappa shape index (κ2) is 6.82. The molecule has 0 radical (unpaired) electrons. The Morgan fingerprint density at radius 3 is 2.19 bits per heavy atom. The van der Waals surface area contributed by atoms with E-state index in [0.717, 1.165) is 0 Å². The summed E-state index contributed by atoms with van der Waals surface area (Å²) in [7, 11) is 4.66. The minimum absolute atomic E-state index is 0.319. The highest BCUT2D eigenvalue weighted by Crippen LogP contribution is 2.41. The molecule has 21 heavy (non-hydrogen) atoms. The quantitative estimate of drug-likeness (QED) is 0.806. The molecule has 0 aliphatic rings. The smallest absolute Gasteiger partial charge is 0.203 e. The minimum Gasteiger partial charge on any atom is -0.493 e. The Hall–Kier alpha value is -1.73. The highest BCUT2D eigenvalue weighted by atomic mass is 79.9. The lowest BCUT2D eigenvalue weighted by Crippen LogP contribution is -2.00. The van der Waals surface area contributed by atoms with Gasteiger partial charge < -0.3 is 19.5 Å². The molecule has 0 unspecified atom stereocenters. The number of benzene rings is 1. The molecular formula is C13H13BrClN3O3. The molecule has 1 aromatic heterocycles. The lowest BCUT2D eigenvalue weighted by atomic mass is 10.2. The molecule has 0 aliphatic heterocycles. The first-order chi connectivity index (χ1) is 10.1. The van der Waals surface area contributed by atoms with Crippen LogP contribution in [-0.2, 0) is 0 Å². The van der Waals surface area contributed by atoms with Gasteiger partial charge in [0, 0.05) is 17.8 Å². The van der Waals surface area contributed by atoms with E-state index < -0.39 is 0 Å². The molecule has 2 rings (SSSR count). The fourth-order valence-electron chi connectivity index (χ4n) is 1.73. The zero-order valence-corrected chi connectivity index (χ0v) is 13.9. The topological polar surface area (TPSA) is 65.5 Å². The van der Waals surface area contributed by atoms with Crippen LogP contribution in [0, 0.1) is 0 Å². The molecule has 0 spiro atoms. The molecule has 112 valence electrons. The van der Waals surface area contributed by atoms with Crippen LogP contribution in [0.1, 0.15) is 0 Å². The van der Waals surface area contributed by atoms with E-state index in [1.165, 1.54) is 6.33 Å². The molecule has 1 heterocycles. The predicted octanol–water partition coefficient (Wildman–Crippen LogP) is 3.66. The minimum atomic E-state index is 0.319. The number of methoxy groups -OCH3 is 3. The number of nitrogens with zero attached hydrogens (tertiary/aromatic N) is 2. The summed E-state index contributed by atoms with van der Waals surface area (Å²) < 4.78 is 16.4. The third-order valence-corrected chi connectivity index (χ3v) is 3.94. The van der Waals surface area contributed by atoms with Gasteiger partial charge in [0.25, 0.3) is 0 Å². The van der Waals surface area contributed by atoms with Crippen molar-refractivity contribution in [2.45, 2.75) is 0 Å². The highest BCUT2D eigenvalue weighted by molar-refractivity contribution is 9.10. The average molecular weight is 375 g/mol. The second-order valence-corrected chi connectivity index (χ2v) is 5.02. The number of rotatable bonds is 5. The number of halogens is 2. The van der Waals surface area contributed by atoms with Gasteiger partial charge in [-0.3, -0.25) is 0 Å². The molecule has 8 heteroatoms. The van der Waals surface area contributed by atoms with Crippen LogP contribution in [0.15, 0.2) is 22.9 Å². The van der Waals surface area contributed by atoms with Gasteiger partial charge in [-0.2, -0.15) is 0 Å². The number of hydrogen-bond acceptors (Lipinski definition) is 6. The van der Waals surface area contributed by atoms with Crippen LogP contribution in [0.3, 0.4) is 0 Å². The molecule has 2 aromatic rings. The van der Waals surface area contributed by atoms with Crippen molar-refractivity contribution in [3.05, 3.63) is 28.1 Å². The third-order valence-electron chi connectivity index (χ3n) is 2.67. The van der Waals surface area contributed by atoms with Gasteiger partial charge in [0.1, 0.15) is 17.3 Å². The summed E-state index contributed by atoms with van der Waals surface area (Å²) in [5, 5.41) is 3.44. The summed E-state index contributed by atoms with van der Waals surface area (Å²) in [6, 6.07) is 3.54. The van der Waals surface area contributed by atoms with Gasteiger partial charge in [-0.15, -0.1) is 0 Å². The third kappa shape index (κ3) is 3.30. The van der Waals surface area contributed by atoms with E-state index in [2.05, 4.69) is 31.2 Å². The zero-order chi connectivity index (χ0) is 15.4. The maximum absolute atomic E-state index is 5.94. The number of anilines is 2.